The van der Waals surface area contributed by atoms with Crippen molar-refractivity contribution in [1.82, 2.24) is 0 Å². The number of anilines is 6. The normalized spacial score (nSPS) is 12.5. The number of benzene rings is 9. The molecular weight excluding hydrogens is 723 g/mol. The summed E-state index contributed by atoms with van der Waals surface area (Å²) in [4.78, 5) is 5.03. The summed E-state index contributed by atoms with van der Waals surface area (Å²) >= 11 is 7.03. The summed E-state index contributed by atoms with van der Waals surface area (Å²) in [6.07, 6.45) is 0. The summed E-state index contributed by atoms with van der Waals surface area (Å²) in [5.41, 5.74) is 19.9. The molecule has 4 heteroatoms. The van der Waals surface area contributed by atoms with Crippen molar-refractivity contribution in [2.24, 2.45) is 0 Å². The van der Waals surface area contributed by atoms with Gasteiger partial charge in [0.15, 0.2) is 0 Å². The van der Waals surface area contributed by atoms with E-state index in [2.05, 4.69) is 228 Å². The molecule has 2 heterocycles. The second-order valence-electron chi connectivity index (χ2n) is 14.9. The van der Waals surface area contributed by atoms with Crippen LogP contribution in [0.2, 0.25) is 5.02 Å². The molecule has 0 atom stereocenters. The minimum atomic E-state index is -0.0321. The van der Waals surface area contributed by atoms with Gasteiger partial charge in [-0.15, -0.1) is 0 Å². The summed E-state index contributed by atoms with van der Waals surface area (Å²) in [5.74, 6) is 0. The average Bonchev–Trinajstić information content (AvgIpc) is 3.30. The van der Waals surface area contributed by atoms with Gasteiger partial charge in [-0.2, -0.15) is 0 Å². The van der Waals surface area contributed by atoms with Gasteiger partial charge in [0.05, 0.1) is 11.4 Å². The molecule has 0 spiro atoms. The Hall–Kier alpha value is -7.07. The van der Waals surface area contributed by atoms with Crippen LogP contribution in [0.1, 0.15) is 0 Å². The summed E-state index contributed by atoms with van der Waals surface area (Å²) in [5, 5.41) is 0.705. The largest absolute Gasteiger partial charge is 0.310 e. The zero-order chi connectivity index (χ0) is 38.6. The van der Waals surface area contributed by atoms with Crippen LogP contribution in [0.25, 0.3) is 44.5 Å². The fourth-order valence-corrected chi connectivity index (χ4v) is 9.47. The maximum absolute atomic E-state index is 7.03. The van der Waals surface area contributed by atoms with Crippen molar-refractivity contribution >= 4 is 68.8 Å². The monoisotopic (exact) mass is 758 g/mol. The van der Waals surface area contributed by atoms with Crippen LogP contribution in [-0.2, 0) is 0 Å². The Morgan fingerprint density at radius 1 is 0.310 bits per heavy atom. The van der Waals surface area contributed by atoms with Crippen LogP contribution in [0, 0.1) is 0 Å². The van der Waals surface area contributed by atoms with Crippen molar-refractivity contribution in [3.8, 4) is 44.5 Å². The van der Waals surface area contributed by atoms with Crippen LogP contribution in [0.3, 0.4) is 0 Å². The minimum Gasteiger partial charge on any atom is -0.310 e. The zero-order valence-electron chi connectivity index (χ0n) is 31.6. The highest BCUT2D eigenvalue weighted by atomic mass is 35.5. The molecule has 0 aliphatic carbocycles. The first kappa shape index (κ1) is 34.2. The topological polar surface area (TPSA) is 6.48 Å². The Morgan fingerprint density at radius 3 is 1.14 bits per heavy atom. The van der Waals surface area contributed by atoms with Gasteiger partial charge in [-0.1, -0.05) is 200 Å². The number of rotatable bonds is 6. The molecular formula is C54H36BClN2. The predicted molar refractivity (Wildman–Crippen MR) is 247 cm³/mol. The van der Waals surface area contributed by atoms with Gasteiger partial charge in [-0.25, -0.2) is 0 Å². The van der Waals surface area contributed by atoms with E-state index < -0.39 is 0 Å². The molecule has 0 radical (unpaired) electrons. The smallest absolute Gasteiger partial charge is 0.252 e. The van der Waals surface area contributed by atoms with E-state index in [0.29, 0.717) is 5.02 Å². The summed E-state index contributed by atoms with van der Waals surface area (Å²) in [6, 6.07) is 78.8. The van der Waals surface area contributed by atoms with E-state index in [4.69, 9.17) is 11.6 Å². The summed E-state index contributed by atoms with van der Waals surface area (Å²) in [6.45, 7) is -0.0321. The van der Waals surface area contributed by atoms with E-state index in [1.807, 2.05) is 0 Å². The van der Waals surface area contributed by atoms with Crippen LogP contribution in [-0.4, -0.2) is 6.71 Å². The van der Waals surface area contributed by atoms with E-state index in [1.165, 1.54) is 44.3 Å². The van der Waals surface area contributed by atoms with Crippen LogP contribution in [0.15, 0.2) is 218 Å². The third kappa shape index (κ3) is 5.50. The number of halogens is 1. The van der Waals surface area contributed by atoms with E-state index in [-0.39, 0.29) is 6.71 Å². The van der Waals surface area contributed by atoms with Gasteiger partial charge in [0.2, 0.25) is 0 Å². The van der Waals surface area contributed by atoms with Crippen molar-refractivity contribution in [3.05, 3.63) is 223 Å². The number of hydrogen-bond acceptors (Lipinski definition) is 2. The highest BCUT2D eigenvalue weighted by molar-refractivity contribution is 7.00. The van der Waals surface area contributed by atoms with Gasteiger partial charge in [-0.05, 0) is 69.0 Å². The van der Waals surface area contributed by atoms with Gasteiger partial charge in [0, 0.05) is 50.0 Å². The van der Waals surface area contributed by atoms with Gasteiger partial charge < -0.3 is 9.80 Å². The molecule has 2 aliphatic heterocycles. The Balaban J connectivity index is 1.26. The summed E-state index contributed by atoms with van der Waals surface area (Å²) < 4.78 is 0. The van der Waals surface area contributed by atoms with Crippen molar-refractivity contribution in [1.29, 1.82) is 0 Å². The SMILES string of the molecule is Clc1ccc2c(c1)N(c1c(-c3ccccc3)cccc1-c1ccccc1)c1cccc3c1B2c1ccccc1N3c1c(-c2ccccc2)cccc1-c1ccccc1. The standard InChI is InChI=1S/C54H36BClN2/c56-41-34-35-47-51(36-41)58(54-44(39-22-9-3-10-23-39)28-16-29-45(54)40-24-11-4-12-25-40)50-33-17-32-49-52(50)55(47)46-30-13-14-31-48(46)57(49)53-42(37-18-5-1-6-19-37)26-15-27-43(53)38-20-7-2-8-21-38/h1-36H. The van der Waals surface area contributed by atoms with Crippen molar-refractivity contribution in [2.45, 2.75) is 0 Å². The molecule has 2 aliphatic rings. The molecule has 0 N–H and O–H groups in total. The molecule has 0 amide bonds. The van der Waals surface area contributed by atoms with Crippen molar-refractivity contribution in [3.63, 3.8) is 0 Å². The fourth-order valence-electron chi connectivity index (χ4n) is 9.31. The molecule has 0 bridgehead atoms. The third-order valence-electron chi connectivity index (χ3n) is 11.7. The highest BCUT2D eigenvalue weighted by Crippen LogP contribution is 2.52. The molecule has 272 valence electrons. The van der Waals surface area contributed by atoms with Gasteiger partial charge in [0.1, 0.15) is 0 Å². The first-order valence-electron chi connectivity index (χ1n) is 19.8. The van der Waals surface area contributed by atoms with Crippen LogP contribution in [0.5, 0.6) is 0 Å². The second kappa shape index (κ2) is 14.1. The predicted octanol–water partition coefficient (Wildman–Crippen LogP) is 13.1. The molecule has 0 unspecified atom stereocenters. The Labute approximate surface area is 345 Å². The first-order chi connectivity index (χ1) is 28.7. The maximum atomic E-state index is 7.03. The van der Waals surface area contributed by atoms with Crippen LogP contribution < -0.4 is 26.2 Å². The quantitative estimate of drug-likeness (QED) is 0.156. The zero-order valence-corrected chi connectivity index (χ0v) is 32.4. The van der Waals surface area contributed by atoms with E-state index in [0.717, 1.165) is 50.7 Å². The van der Waals surface area contributed by atoms with E-state index in [9.17, 15) is 0 Å². The highest BCUT2D eigenvalue weighted by Gasteiger charge is 2.44. The minimum absolute atomic E-state index is 0.0321. The molecule has 0 fully saturated rings. The number of para-hydroxylation sites is 3. The molecule has 9 aromatic rings. The average molecular weight is 759 g/mol. The number of hydrogen-bond donors (Lipinski definition) is 0. The number of fused-ring (bicyclic) bond motifs is 4. The van der Waals surface area contributed by atoms with Gasteiger partial charge in [0.25, 0.3) is 6.71 Å². The Morgan fingerprint density at radius 2 is 0.672 bits per heavy atom. The Kier molecular flexibility index (Phi) is 8.34. The lowest BCUT2D eigenvalue weighted by molar-refractivity contribution is 1.25. The van der Waals surface area contributed by atoms with Gasteiger partial charge >= 0.3 is 0 Å². The summed E-state index contributed by atoms with van der Waals surface area (Å²) in [7, 11) is 0. The van der Waals surface area contributed by atoms with Crippen molar-refractivity contribution < 1.29 is 0 Å². The second-order valence-corrected chi connectivity index (χ2v) is 15.4. The maximum Gasteiger partial charge on any atom is 0.252 e. The van der Waals surface area contributed by atoms with Crippen molar-refractivity contribution in [2.75, 3.05) is 9.80 Å². The molecule has 0 aromatic heterocycles. The fraction of sp³-hybridized carbons (Fsp3) is 0. The van der Waals surface area contributed by atoms with Gasteiger partial charge in [-0.3, -0.25) is 0 Å². The van der Waals surface area contributed by atoms with Crippen LogP contribution in [0.4, 0.5) is 34.1 Å². The lowest BCUT2D eigenvalue weighted by Crippen LogP contribution is -2.61. The number of nitrogens with zero attached hydrogens (tertiary/aromatic N) is 2. The van der Waals surface area contributed by atoms with Crippen LogP contribution >= 0.6 is 11.6 Å². The van der Waals surface area contributed by atoms with E-state index in [1.54, 1.807) is 0 Å². The third-order valence-corrected chi connectivity index (χ3v) is 12.0. The Bertz CT molecular complexity index is 2850. The molecule has 2 nitrogen and oxygen atoms in total. The lowest BCUT2D eigenvalue weighted by atomic mass is 9.33. The first-order valence-corrected chi connectivity index (χ1v) is 20.2. The molecule has 11 rings (SSSR count). The van der Waals surface area contributed by atoms with E-state index >= 15 is 0 Å². The molecule has 58 heavy (non-hydrogen) atoms. The molecule has 9 aromatic carbocycles. The molecule has 0 saturated heterocycles. The lowest BCUT2D eigenvalue weighted by Gasteiger charge is -2.45. The molecule has 0 saturated carbocycles.